The van der Waals surface area contributed by atoms with Gasteiger partial charge in [-0.05, 0) is 51.7 Å². The molecule has 0 aliphatic heterocycles. The van der Waals surface area contributed by atoms with Crippen molar-refractivity contribution < 1.29 is 19.5 Å². The Morgan fingerprint density at radius 3 is 1.31 bits per heavy atom. The van der Waals surface area contributed by atoms with Gasteiger partial charge in [0.1, 0.15) is 0 Å². The molecule has 0 bridgehead atoms. The van der Waals surface area contributed by atoms with Gasteiger partial charge in [-0.15, -0.1) is 0 Å². The number of rotatable bonds is 12. The molecule has 0 fully saturated rings. The molecule has 0 heterocycles. The Morgan fingerprint density at radius 2 is 1.00 bits per heavy atom. The summed E-state index contributed by atoms with van der Waals surface area (Å²) in [5.74, 6) is -1.54. The second kappa shape index (κ2) is 12.0. The quantitative estimate of drug-likeness (QED) is 0.503. The Bertz CT molecular complexity index is 916. The van der Waals surface area contributed by atoms with Gasteiger partial charge in [-0.3, -0.25) is 19.3 Å². The summed E-state index contributed by atoms with van der Waals surface area (Å²) in [6, 6.07) is 19.8. The van der Waals surface area contributed by atoms with E-state index in [1.54, 1.807) is 23.9 Å². The van der Waals surface area contributed by atoms with Gasteiger partial charge in [0.05, 0.1) is 19.6 Å². The van der Waals surface area contributed by atoms with E-state index < -0.39 is 23.6 Å². The van der Waals surface area contributed by atoms with Crippen LogP contribution >= 0.6 is 0 Å². The monoisotopic (exact) mass is 481 g/mol. The number of nitrogens with zero attached hydrogens (tertiary/aromatic N) is 3. The fraction of sp³-hybridized carbons (Fsp3) is 0.464. The van der Waals surface area contributed by atoms with Crippen LogP contribution in [0.15, 0.2) is 60.7 Å². The maximum Gasteiger partial charge on any atom is 0.317 e. The highest BCUT2D eigenvalue weighted by Gasteiger charge is 2.32. The maximum atomic E-state index is 13.1. The van der Waals surface area contributed by atoms with Crippen molar-refractivity contribution in [1.29, 1.82) is 0 Å². The molecule has 0 saturated carbocycles. The molecular formula is C28H39N3O4. The number of benzene rings is 2. The van der Waals surface area contributed by atoms with Crippen molar-refractivity contribution in [3.63, 3.8) is 0 Å². The van der Waals surface area contributed by atoms with E-state index >= 15 is 0 Å². The van der Waals surface area contributed by atoms with Gasteiger partial charge in [0.15, 0.2) is 0 Å². The van der Waals surface area contributed by atoms with Crippen LogP contribution in [0.25, 0.3) is 0 Å². The zero-order chi connectivity index (χ0) is 26.2. The number of carboxylic acids is 1. The van der Waals surface area contributed by atoms with E-state index in [0.717, 1.165) is 11.1 Å². The smallest absolute Gasteiger partial charge is 0.317 e. The molecule has 190 valence electrons. The maximum absolute atomic E-state index is 13.1. The summed E-state index contributed by atoms with van der Waals surface area (Å²) in [5.41, 5.74) is 1.26. The molecule has 0 spiro atoms. The number of likely N-dealkylation sites (N-methyl/N-ethyl adjacent to an activating group) is 2. The van der Waals surface area contributed by atoms with Gasteiger partial charge in [0.25, 0.3) is 0 Å². The van der Waals surface area contributed by atoms with E-state index in [1.165, 1.54) is 4.90 Å². The van der Waals surface area contributed by atoms with Crippen molar-refractivity contribution in [2.24, 2.45) is 0 Å². The van der Waals surface area contributed by atoms with E-state index in [0.29, 0.717) is 12.8 Å². The molecular weight excluding hydrogens is 442 g/mol. The zero-order valence-corrected chi connectivity index (χ0v) is 21.8. The van der Waals surface area contributed by atoms with E-state index in [2.05, 4.69) is 0 Å². The van der Waals surface area contributed by atoms with Gasteiger partial charge in [-0.1, -0.05) is 60.7 Å². The van der Waals surface area contributed by atoms with Gasteiger partial charge in [-0.25, -0.2) is 0 Å². The lowest BCUT2D eigenvalue weighted by Crippen LogP contribution is -2.54. The highest BCUT2D eigenvalue weighted by Crippen LogP contribution is 2.21. The molecule has 0 atom stereocenters. The number of aliphatic carboxylic acids is 1. The minimum atomic E-state index is -1.08. The zero-order valence-electron chi connectivity index (χ0n) is 21.8. The molecule has 0 unspecified atom stereocenters. The van der Waals surface area contributed by atoms with Crippen LogP contribution in [-0.4, -0.2) is 82.4 Å². The van der Waals surface area contributed by atoms with Crippen LogP contribution in [0.5, 0.6) is 0 Å². The highest BCUT2D eigenvalue weighted by molar-refractivity contribution is 5.83. The SMILES string of the molecule is CN(C(=O)CN(CC(=O)O)CC(=O)N(C)C(C)(C)Cc1ccccc1)C(C)(C)Cc1ccccc1. The molecule has 0 aliphatic rings. The van der Waals surface area contributed by atoms with E-state index in [1.807, 2.05) is 88.4 Å². The molecule has 2 aromatic rings. The molecule has 2 aromatic carbocycles. The topological polar surface area (TPSA) is 81.2 Å². The van der Waals surface area contributed by atoms with Gasteiger partial charge < -0.3 is 14.9 Å². The van der Waals surface area contributed by atoms with Crippen LogP contribution in [0.4, 0.5) is 0 Å². The van der Waals surface area contributed by atoms with Crippen molar-refractivity contribution >= 4 is 17.8 Å². The first-order valence-electron chi connectivity index (χ1n) is 11.9. The van der Waals surface area contributed by atoms with Crippen molar-refractivity contribution in [2.45, 2.75) is 51.6 Å². The molecule has 2 amide bonds. The Balaban J connectivity index is 2.06. The number of hydrogen-bond donors (Lipinski definition) is 1. The molecule has 0 radical (unpaired) electrons. The van der Waals surface area contributed by atoms with Gasteiger partial charge in [0, 0.05) is 25.2 Å². The molecule has 7 heteroatoms. The fourth-order valence-corrected chi connectivity index (χ4v) is 4.06. The minimum absolute atomic E-state index is 0.153. The van der Waals surface area contributed by atoms with Crippen molar-refractivity contribution in [1.82, 2.24) is 14.7 Å². The summed E-state index contributed by atoms with van der Waals surface area (Å²) in [7, 11) is 3.45. The standard InChI is InChI=1S/C28H39N3O4/c1-27(2,17-22-13-9-7-10-14-22)29(5)24(32)19-31(21-26(34)35)20-25(33)30(6)28(3,4)18-23-15-11-8-12-16-23/h7-16H,17-21H2,1-6H3,(H,34,35). The van der Waals surface area contributed by atoms with Gasteiger partial charge in [-0.2, -0.15) is 0 Å². The van der Waals surface area contributed by atoms with Crippen LogP contribution in [0, 0.1) is 0 Å². The fourth-order valence-electron chi connectivity index (χ4n) is 4.06. The van der Waals surface area contributed by atoms with Crippen molar-refractivity contribution in [3.8, 4) is 0 Å². The first-order chi connectivity index (χ1) is 16.3. The minimum Gasteiger partial charge on any atom is -0.480 e. The predicted molar refractivity (Wildman–Crippen MR) is 138 cm³/mol. The lowest BCUT2D eigenvalue weighted by molar-refractivity contribution is -0.143. The van der Waals surface area contributed by atoms with Crippen LogP contribution in [0.2, 0.25) is 0 Å². The average molecular weight is 482 g/mol. The third-order valence-corrected chi connectivity index (χ3v) is 6.60. The Kier molecular flexibility index (Phi) is 9.60. The van der Waals surface area contributed by atoms with Crippen molar-refractivity contribution in [2.75, 3.05) is 33.7 Å². The first kappa shape index (κ1) is 28.1. The van der Waals surface area contributed by atoms with Gasteiger partial charge >= 0.3 is 5.97 Å². The Hall–Kier alpha value is -3.19. The summed E-state index contributed by atoms with van der Waals surface area (Å²) < 4.78 is 0. The summed E-state index contributed by atoms with van der Waals surface area (Å²) in [6.45, 7) is 7.21. The van der Waals surface area contributed by atoms with Crippen LogP contribution < -0.4 is 0 Å². The van der Waals surface area contributed by atoms with E-state index in [-0.39, 0.29) is 24.9 Å². The number of hydrogen-bond acceptors (Lipinski definition) is 4. The molecule has 1 N–H and O–H groups in total. The first-order valence-corrected chi connectivity index (χ1v) is 11.9. The van der Waals surface area contributed by atoms with E-state index in [9.17, 15) is 19.5 Å². The molecule has 0 saturated heterocycles. The van der Waals surface area contributed by atoms with E-state index in [4.69, 9.17) is 0 Å². The normalized spacial score (nSPS) is 11.9. The van der Waals surface area contributed by atoms with Crippen LogP contribution in [0.3, 0.4) is 0 Å². The summed E-state index contributed by atoms with van der Waals surface area (Å²) in [6.07, 6.45) is 1.31. The van der Waals surface area contributed by atoms with Crippen molar-refractivity contribution in [3.05, 3.63) is 71.8 Å². The van der Waals surface area contributed by atoms with Gasteiger partial charge in [0.2, 0.25) is 11.8 Å². The number of carbonyl (C=O) groups is 3. The summed E-state index contributed by atoms with van der Waals surface area (Å²) in [4.78, 5) is 42.4. The largest absolute Gasteiger partial charge is 0.480 e. The molecule has 35 heavy (non-hydrogen) atoms. The average Bonchev–Trinajstić information content (AvgIpc) is 2.78. The highest BCUT2D eigenvalue weighted by atomic mass is 16.4. The molecule has 0 aliphatic carbocycles. The second-order valence-corrected chi connectivity index (χ2v) is 10.4. The lowest BCUT2D eigenvalue weighted by atomic mass is 9.93. The molecule has 7 nitrogen and oxygen atoms in total. The van der Waals surface area contributed by atoms with Crippen LogP contribution in [-0.2, 0) is 27.2 Å². The van der Waals surface area contributed by atoms with Crippen LogP contribution in [0.1, 0.15) is 38.8 Å². The summed E-state index contributed by atoms with van der Waals surface area (Å²) in [5, 5.41) is 9.40. The number of carbonyl (C=O) groups excluding carboxylic acids is 2. The number of carboxylic acid groups (broad SMARTS) is 1. The second-order valence-electron chi connectivity index (χ2n) is 10.4. The predicted octanol–water partition coefficient (Wildman–Crippen LogP) is 3.33. The third kappa shape index (κ3) is 8.51. The third-order valence-electron chi connectivity index (χ3n) is 6.60. The molecule has 0 aromatic heterocycles. The lowest BCUT2D eigenvalue weighted by Gasteiger charge is -2.38. The number of amides is 2. The Labute approximate surface area is 209 Å². The Morgan fingerprint density at radius 1 is 0.657 bits per heavy atom. The summed E-state index contributed by atoms with van der Waals surface area (Å²) >= 11 is 0. The molecule has 2 rings (SSSR count).